The van der Waals surface area contributed by atoms with Crippen LogP contribution < -0.4 is 5.32 Å². The van der Waals surface area contributed by atoms with E-state index in [1.54, 1.807) is 25.1 Å². The van der Waals surface area contributed by atoms with E-state index < -0.39 is 5.92 Å². The molecule has 16 heavy (non-hydrogen) atoms. The van der Waals surface area contributed by atoms with Crippen LogP contribution in [0.2, 0.25) is 0 Å². The van der Waals surface area contributed by atoms with Crippen LogP contribution >= 0.6 is 0 Å². The summed E-state index contributed by atoms with van der Waals surface area (Å²) < 4.78 is 27.8. The van der Waals surface area contributed by atoms with Crippen molar-refractivity contribution >= 4 is 0 Å². The summed E-state index contributed by atoms with van der Waals surface area (Å²) in [6, 6.07) is 6.61. The van der Waals surface area contributed by atoms with Crippen molar-refractivity contribution in [1.82, 2.24) is 5.32 Å². The molecule has 0 amide bonds. The Balaban J connectivity index is 2.82. The van der Waals surface area contributed by atoms with E-state index in [4.69, 9.17) is 0 Å². The third kappa shape index (κ3) is 3.56. The average molecular weight is 227 g/mol. The lowest BCUT2D eigenvalue weighted by molar-refractivity contribution is -0.00918. The number of hydrogen-bond acceptors (Lipinski definition) is 1. The van der Waals surface area contributed by atoms with E-state index in [1.807, 2.05) is 20.8 Å². The highest BCUT2D eigenvalue weighted by Gasteiger charge is 2.33. The fourth-order valence-electron chi connectivity index (χ4n) is 1.45. The molecule has 1 N–H and O–H groups in total. The van der Waals surface area contributed by atoms with Crippen molar-refractivity contribution in [1.29, 1.82) is 0 Å². The van der Waals surface area contributed by atoms with Gasteiger partial charge in [-0.15, -0.1) is 0 Å². The molecule has 3 heteroatoms. The highest BCUT2D eigenvalue weighted by molar-refractivity contribution is 5.29. The fourth-order valence-corrected chi connectivity index (χ4v) is 1.45. The van der Waals surface area contributed by atoms with Crippen LogP contribution in [0.5, 0.6) is 0 Å². The Labute approximate surface area is 95.9 Å². The maximum Gasteiger partial charge on any atom is 0.285 e. The topological polar surface area (TPSA) is 12.0 Å². The van der Waals surface area contributed by atoms with Crippen molar-refractivity contribution in [2.75, 3.05) is 6.54 Å². The number of benzene rings is 1. The van der Waals surface area contributed by atoms with Gasteiger partial charge in [0.15, 0.2) is 0 Å². The van der Waals surface area contributed by atoms with Gasteiger partial charge in [-0.2, -0.15) is 8.78 Å². The van der Waals surface area contributed by atoms with Gasteiger partial charge in [0.2, 0.25) is 0 Å². The first-order valence-electron chi connectivity index (χ1n) is 5.41. The van der Waals surface area contributed by atoms with Gasteiger partial charge in [-0.05, 0) is 33.3 Å². The molecule has 0 aliphatic rings. The summed E-state index contributed by atoms with van der Waals surface area (Å²) in [5.74, 6) is -2.82. The summed E-state index contributed by atoms with van der Waals surface area (Å²) in [4.78, 5) is 0. The zero-order chi connectivity index (χ0) is 12.4. The van der Waals surface area contributed by atoms with Crippen LogP contribution in [-0.4, -0.2) is 12.1 Å². The van der Waals surface area contributed by atoms with Crippen LogP contribution in [0.3, 0.4) is 0 Å². The van der Waals surface area contributed by atoms with Gasteiger partial charge in [-0.3, -0.25) is 0 Å². The second kappa shape index (κ2) is 4.50. The first-order chi connectivity index (χ1) is 7.22. The number of alkyl halides is 2. The van der Waals surface area contributed by atoms with E-state index in [9.17, 15) is 8.78 Å². The van der Waals surface area contributed by atoms with Crippen LogP contribution in [0.1, 0.15) is 31.9 Å². The molecule has 0 fully saturated rings. The number of nitrogens with one attached hydrogen (secondary N) is 1. The lowest BCUT2D eigenvalue weighted by Crippen LogP contribution is -2.42. The van der Waals surface area contributed by atoms with Gasteiger partial charge < -0.3 is 5.32 Å². The number of aryl methyl sites for hydroxylation is 1. The Morgan fingerprint density at radius 3 is 2.19 bits per heavy atom. The Hall–Kier alpha value is -0.960. The van der Waals surface area contributed by atoms with Gasteiger partial charge in [0.25, 0.3) is 5.92 Å². The molecule has 0 aromatic heterocycles. The molecular formula is C13H19F2N. The molecule has 0 atom stereocenters. The molecule has 0 saturated heterocycles. The van der Waals surface area contributed by atoms with E-state index in [2.05, 4.69) is 5.32 Å². The second-order valence-corrected chi connectivity index (χ2v) is 5.12. The molecule has 0 aliphatic heterocycles. The third-order valence-corrected chi connectivity index (χ3v) is 2.38. The molecular weight excluding hydrogens is 208 g/mol. The average Bonchev–Trinajstić information content (AvgIpc) is 2.14. The molecule has 0 unspecified atom stereocenters. The molecule has 1 aromatic carbocycles. The molecule has 0 radical (unpaired) electrons. The Bertz CT molecular complexity index is 353. The minimum absolute atomic E-state index is 0.103. The molecule has 0 aliphatic carbocycles. The summed E-state index contributed by atoms with van der Waals surface area (Å²) in [5, 5.41) is 2.84. The number of halogens is 2. The van der Waals surface area contributed by atoms with Crippen molar-refractivity contribution in [3.05, 3.63) is 35.4 Å². The standard InChI is InChI=1S/C13H19F2N/c1-10-7-5-6-8-11(10)13(14,15)9-16-12(2,3)4/h5-8,16H,9H2,1-4H3. The molecule has 90 valence electrons. The molecule has 1 nitrogen and oxygen atoms in total. The highest BCUT2D eigenvalue weighted by atomic mass is 19.3. The Morgan fingerprint density at radius 2 is 1.69 bits per heavy atom. The Kier molecular flexibility index (Phi) is 3.68. The first-order valence-corrected chi connectivity index (χ1v) is 5.41. The summed E-state index contributed by atoms with van der Waals surface area (Å²) in [6.45, 7) is 7.00. The molecule has 0 saturated carbocycles. The predicted molar refractivity (Wildman–Crippen MR) is 62.8 cm³/mol. The normalized spacial score (nSPS) is 12.9. The van der Waals surface area contributed by atoms with Crippen LogP contribution in [0.25, 0.3) is 0 Å². The highest BCUT2D eigenvalue weighted by Crippen LogP contribution is 2.30. The van der Waals surface area contributed by atoms with Crippen LogP contribution in [0, 0.1) is 6.92 Å². The largest absolute Gasteiger partial charge is 0.306 e. The van der Waals surface area contributed by atoms with Crippen molar-refractivity contribution in [2.24, 2.45) is 0 Å². The maximum atomic E-state index is 13.9. The zero-order valence-corrected chi connectivity index (χ0v) is 10.3. The fraction of sp³-hybridized carbons (Fsp3) is 0.538. The summed E-state index contributed by atoms with van der Waals surface area (Å²) in [7, 11) is 0. The maximum absolute atomic E-state index is 13.9. The molecule has 0 bridgehead atoms. The minimum Gasteiger partial charge on any atom is -0.306 e. The summed E-state index contributed by atoms with van der Waals surface area (Å²) in [6.07, 6.45) is 0. The van der Waals surface area contributed by atoms with E-state index >= 15 is 0 Å². The summed E-state index contributed by atoms with van der Waals surface area (Å²) >= 11 is 0. The van der Waals surface area contributed by atoms with Gasteiger partial charge >= 0.3 is 0 Å². The van der Waals surface area contributed by atoms with Gasteiger partial charge in [0.1, 0.15) is 0 Å². The molecule has 1 aromatic rings. The Morgan fingerprint density at radius 1 is 1.12 bits per heavy atom. The van der Waals surface area contributed by atoms with E-state index in [0.717, 1.165) is 0 Å². The van der Waals surface area contributed by atoms with E-state index in [-0.39, 0.29) is 17.6 Å². The third-order valence-electron chi connectivity index (χ3n) is 2.38. The smallest absolute Gasteiger partial charge is 0.285 e. The monoisotopic (exact) mass is 227 g/mol. The van der Waals surface area contributed by atoms with Crippen molar-refractivity contribution < 1.29 is 8.78 Å². The lowest BCUT2D eigenvalue weighted by Gasteiger charge is -2.26. The molecule has 0 spiro atoms. The van der Waals surface area contributed by atoms with Gasteiger partial charge in [-0.1, -0.05) is 24.3 Å². The van der Waals surface area contributed by atoms with Crippen LogP contribution in [0.15, 0.2) is 24.3 Å². The van der Waals surface area contributed by atoms with E-state index in [0.29, 0.717) is 5.56 Å². The number of hydrogen-bond donors (Lipinski definition) is 1. The number of rotatable bonds is 3. The van der Waals surface area contributed by atoms with Crippen molar-refractivity contribution in [3.63, 3.8) is 0 Å². The zero-order valence-electron chi connectivity index (χ0n) is 10.3. The first kappa shape index (κ1) is 13.1. The van der Waals surface area contributed by atoms with Crippen molar-refractivity contribution in [3.8, 4) is 0 Å². The van der Waals surface area contributed by atoms with Crippen LogP contribution in [0.4, 0.5) is 8.78 Å². The SMILES string of the molecule is Cc1ccccc1C(F)(F)CNC(C)(C)C. The van der Waals surface area contributed by atoms with Gasteiger partial charge in [0, 0.05) is 11.1 Å². The van der Waals surface area contributed by atoms with Gasteiger partial charge in [0.05, 0.1) is 6.54 Å². The quantitative estimate of drug-likeness (QED) is 0.833. The molecule has 1 rings (SSSR count). The predicted octanol–water partition coefficient (Wildman–Crippen LogP) is 3.47. The summed E-state index contributed by atoms with van der Waals surface area (Å²) in [5.41, 5.74) is 0.432. The minimum atomic E-state index is -2.82. The van der Waals surface area contributed by atoms with Gasteiger partial charge in [-0.25, -0.2) is 0 Å². The molecule has 0 heterocycles. The van der Waals surface area contributed by atoms with Crippen LogP contribution in [-0.2, 0) is 5.92 Å². The van der Waals surface area contributed by atoms with Crippen molar-refractivity contribution in [2.45, 2.75) is 39.2 Å². The second-order valence-electron chi connectivity index (χ2n) is 5.12. The lowest BCUT2D eigenvalue weighted by atomic mass is 10.0. The van der Waals surface area contributed by atoms with E-state index in [1.165, 1.54) is 6.07 Å².